The Morgan fingerprint density at radius 2 is 2.24 bits per heavy atom. The molecule has 1 heterocycles. The first kappa shape index (κ1) is 14.1. The molecule has 1 saturated heterocycles. The van der Waals surface area contributed by atoms with Crippen molar-refractivity contribution in [1.29, 1.82) is 0 Å². The van der Waals surface area contributed by atoms with Crippen LogP contribution in [-0.4, -0.2) is 30.8 Å². The SMILES string of the molecule is COc1ccc(NC2C3CCOC3C2(C)C)c([N+](=O)[O-])c1. The highest BCUT2D eigenvalue weighted by Gasteiger charge is 2.59. The molecule has 1 aromatic carbocycles. The number of ether oxygens (including phenoxy) is 2. The van der Waals surface area contributed by atoms with Crippen molar-refractivity contribution in [2.24, 2.45) is 11.3 Å². The summed E-state index contributed by atoms with van der Waals surface area (Å²) < 4.78 is 10.8. The van der Waals surface area contributed by atoms with Crippen molar-refractivity contribution in [3.05, 3.63) is 28.3 Å². The molecule has 21 heavy (non-hydrogen) atoms. The van der Waals surface area contributed by atoms with Gasteiger partial charge in [0.25, 0.3) is 5.69 Å². The molecule has 6 heteroatoms. The molecule has 0 spiro atoms. The van der Waals surface area contributed by atoms with Gasteiger partial charge in [-0.05, 0) is 18.6 Å². The van der Waals surface area contributed by atoms with Crippen LogP contribution in [0.1, 0.15) is 20.3 Å². The summed E-state index contributed by atoms with van der Waals surface area (Å²) in [6.07, 6.45) is 1.27. The maximum absolute atomic E-state index is 11.3. The molecule has 1 aliphatic heterocycles. The second-order valence-electron chi connectivity index (χ2n) is 6.33. The summed E-state index contributed by atoms with van der Waals surface area (Å²) in [6, 6.07) is 5.10. The average Bonchev–Trinajstić information content (AvgIpc) is 2.91. The summed E-state index contributed by atoms with van der Waals surface area (Å²) in [5.74, 6) is 0.920. The lowest BCUT2D eigenvalue weighted by Crippen LogP contribution is -2.63. The van der Waals surface area contributed by atoms with Crippen LogP contribution in [0.15, 0.2) is 18.2 Å². The van der Waals surface area contributed by atoms with Gasteiger partial charge in [-0.25, -0.2) is 0 Å². The van der Waals surface area contributed by atoms with Crippen molar-refractivity contribution in [3.63, 3.8) is 0 Å². The number of nitro benzene ring substituents is 1. The Kier molecular flexibility index (Phi) is 3.28. The lowest BCUT2D eigenvalue weighted by Gasteiger charge is -2.54. The minimum atomic E-state index is -0.376. The normalized spacial score (nSPS) is 29.4. The van der Waals surface area contributed by atoms with Gasteiger partial charge < -0.3 is 14.8 Å². The van der Waals surface area contributed by atoms with Gasteiger partial charge in [-0.1, -0.05) is 13.8 Å². The van der Waals surface area contributed by atoms with Crippen LogP contribution in [0.3, 0.4) is 0 Å². The average molecular weight is 292 g/mol. The summed E-state index contributed by atoms with van der Waals surface area (Å²) in [6.45, 7) is 5.07. The van der Waals surface area contributed by atoms with Gasteiger partial charge in [0, 0.05) is 24.0 Å². The third-order valence-electron chi connectivity index (χ3n) is 4.81. The third kappa shape index (κ3) is 2.14. The molecule has 2 aliphatic rings. The second kappa shape index (κ2) is 4.87. The largest absolute Gasteiger partial charge is 0.496 e. The van der Waals surface area contributed by atoms with Gasteiger partial charge in [0.15, 0.2) is 0 Å². The van der Waals surface area contributed by atoms with Crippen molar-refractivity contribution >= 4 is 11.4 Å². The van der Waals surface area contributed by atoms with Gasteiger partial charge in [-0.2, -0.15) is 0 Å². The number of methoxy groups -OCH3 is 1. The van der Waals surface area contributed by atoms with E-state index < -0.39 is 0 Å². The van der Waals surface area contributed by atoms with E-state index in [-0.39, 0.29) is 28.2 Å². The minimum absolute atomic E-state index is 0.0189. The zero-order valence-electron chi connectivity index (χ0n) is 12.5. The van der Waals surface area contributed by atoms with E-state index in [9.17, 15) is 10.1 Å². The number of hydrogen-bond acceptors (Lipinski definition) is 5. The molecule has 1 aromatic rings. The fourth-order valence-corrected chi connectivity index (χ4v) is 3.70. The number of fused-ring (bicyclic) bond motifs is 1. The lowest BCUT2D eigenvalue weighted by molar-refractivity contribution is -0.384. The first-order chi connectivity index (χ1) is 9.95. The summed E-state index contributed by atoms with van der Waals surface area (Å²) >= 11 is 0. The monoisotopic (exact) mass is 292 g/mol. The molecule has 114 valence electrons. The standard InChI is InChI=1S/C15H20N2O4/c1-15(2)13(10-6-7-21-14(10)15)16-11-5-4-9(20-3)8-12(11)17(18)19/h4-5,8,10,13-14,16H,6-7H2,1-3H3. The second-order valence-corrected chi connectivity index (χ2v) is 6.33. The van der Waals surface area contributed by atoms with Crippen molar-refractivity contribution < 1.29 is 14.4 Å². The zero-order valence-corrected chi connectivity index (χ0v) is 12.5. The highest BCUT2D eigenvalue weighted by molar-refractivity contribution is 5.65. The Bertz CT molecular complexity index is 573. The van der Waals surface area contributed by atoms with Gasteiger partial charge in [-0.15, -0.1) is 0 Å². The van der Waals surface area contributed by atoms with E-state index in [1.54, 1.807) is 12.1 Å². The predicted octanol–water partition coefficient (Wildman–Crippen LogP) is 2.83. The van der Waals surface area contributed by atoms with Crippen molar-refractivity contribution in [1.82, 2.24) is 0 Å². The summed E-state index contributed by atoms with van der Waals surface area (Å²) in [5, 5.41) is 14.6. The number of rotatable bonds is 4. The van der Waals surface area contributed by atoms with Crippen molar-refractivity contribution in [3.8, 4) is 5.75 Å². The van der Waals surface area contributed by atoms with Gasteiger partial charge in [0.05, 0.1) is 24.2 Å². The van der Waals surface area contributed by atoms with E-state index in [0.717, 1.165) is 13.0 Å². The highest BCUT2D eigenvalue weighted by Crippen LogP contribution is 2.53. The third-order valence-corrected chi connectivity index (χ3v) is 4.81. The maximum atomic E-state index is 11.3. The Labute approximate surface area is 123 Å². The Hall–Kier alpha value is -1.82. The molecule has 0 radical (unpaired) electrons. The Morgan fingerprint density at radius 3 is 2.90 bits per heavy atom. The molecular weight excluding hydrogens is 272 g/mol. The van der Waals surface area contributed by atoms with Gasteiger partial charge >= 0.3 is 0 Å². The molecule has 6 nitrogen and oxygen atoms in total. The highest BCUT2D eigenvalue weighted by atomic mass is 16.6. The van der Waals surface area contributed by atoms with Crippen LogP contribution in [0.2, 0.25) is 0 Å². The molecule has 0 amide bonds. The summed E-state index contributed by atoms with van der Waals surface area (Å²) in [4.78, 5) is 10.9. The van der Waals surface area contributed by atoms with Gasteiger partial charge in [-0.3, -0.25) is 10.1 Å². The number of nitrogens with zero attached hydrogens (tertiary/aromatic N) is 1. The summed E-state index contributed by atoms with van der Waals surface area (Å²) in [7, 11) is 1.50. The smallest absolute Gasteiger partial charge is 0.296 e. The number of nitro groups is 1. The van der Waals surface area contributed by atoms with Crippen molar-refractivity contribution in [2.45, 2.75) is 32.4 Å². The molecule has 3 unspecified atom stereocenters. The maximum Gasteiger partial charge on any atom is 0.296 e. The number of nitrogens with one attached hydrogen (secondary N) is 1. The molecule has 3 atom stereocenters. The number of anilines is 1. The van der Waals surface area contributed by atoms with E-state index in [0.29, 0.717) is 17.4 Å². The summed E-state index contributed by atoms with van der Waals surface area (Å²) in [5.41, 5.74) is 0.575. The van der Waals surface area contributed by atoms with E-state index in [1.165, 1.54) is 13.2 Å². The molecule has 3 rings (SSSR count). The topological polar surface area (TPSA) is 73.6 Å². The lowest BCUT2D eigenvalue weighted by atomic mass is 9.57. The van der Waals surface area contributed by atoms with Crippen LogP contribution in [-0.2, 0) is 4.74 Å². The number of hydrogen-bond donors (Lipinski definition) is 1. The molecule has 0 bridgehead atoms. The van der Waals surface area contributed by atoms with Crippen molar-refractivity contribution in [2.75, 3.05) is 19.0 Å². The van der Waals surface area contributed by atoms with E-state index in [2.05, 4.69) is 19.2 Å². The molecule has 1 aliphatic carbocycles. The van der Waals surface area contributed by atoms with Crippen LogP contribution < -0.4 is 10.1 Å². The first-order valence-electron chi connectivity index (χ1n) is 7.15. The molecule has 2 fully saturated rings. The fourth-order valence-electron chi connectivity index (χ4n) is 3.70. The van der Waals surface area contributed by atoms with E-state index in [4.69, 9.17) is 9.47 Å². The molecule has 1 saturated carbocycles. The molecular formula is C15H20N2O4. The van der Waals surface area contributed by atoms with Gasteiger partial charge in [0.1, 0.15) is 11.4 Å². The Morgan fingerprint density at radius 1 is 1.48 bits per heavy atom. The minimum Gasteiger partial charge on any atom is -0.496 e. The molecule has 0 aromatic heterocycles. The van der Waals surface area contributed by atoms with Crippen LogP contribution in [0, 0.1) is 21.4 Å². The predicted molar refractivity (Wildman–Crippen MR) is 78.7 cm³/mol. The Balaban J connectivity index is 1.86. The fraction of sp³-hybridized carbons (Fsp3) is 0.600. The molecule has 1 N–H and O–H groups in total. The van der Waals surface area contributed by atoms with Crippen LogP contribution in [0.5, 0.6) is 5.75 Å². The van der Waals surface area contributed by atoms with E-state index in [1.807, 2.05) is 0 Å². The van der Waals surface area contributed by atoms with Crippen LogP contribution in [0.4, 0.5) is 11.4 Å². The quantitative estimate of drug-likeness (QED) is 0.682. The first-order valence-corrected chi connectivity index (χ1v) is 7.15. The van der Waals surface area contributed by atoms with Gasteiger partial charge in [0.2, 0.25) is 0 Å². The zero-order chi connectivity index (χ0) is 15.2. The van der Waals surface area contributed by atoms with E-state index >= 15 is 0 Å². The van der Waals surface area contributed by atoms with Crippen LogP contribution >= 0.6 is 0 Å². The number of benzene rings is 1. The van der Waals surface area contributed by atoms with Crippen LogP contribution in [0.25, 0.3) is 0 Å².